The molecule has 16 heavy (non-hydrogen) atoms. The lowest BCUT2D eigenvalue weighted by Gasteiger charge is -2.04. The molecule has 0 radical (unpaired) electrons. The molecule has 2 aromatic rings. The van der Waals surface area contributed by atoms with Gasteiger partial charge in [0.15, 0.2) is 0 Å². The number of rotatable bonds is 2. The second-order valence-corrected chi connectivity index (χ2v) is 4.02. The molecule has 0 unspecified atom stereocenters. The zero-order chi connectivity index (χ0) is 11.5. The number of pyridine rings is 1. The molecule has 0 aliphatic heterocycles. The SMILES string of the molecule is O=c1[nH]cnc(Oc2cncc(Cl)c2)c1Br. The molecule has 82 valence electrons. The number of nitrogens with zero attached hydrogens (tertiary/aromatic N) is 2. The largest absolute Gasteiger partial charge is 0.436 e. The molecule has 0 fully saturated rings. The van der Waals surface area contributed by atoms with Crippen LogP contribution in [0.4, 0.5) is 0 Å². The van der Waals surface area contributed by atoms with E-state index in [1.807, 2.05) is 0 Å². The van der Waals surface area contributed by atoms with Crippen molar-refractivity contribution in [1.29, 1.82) is 0 Å². The third kappa shape index (κ3) is 2.40. The molecule has 0 spiro atoms. The summed E-state index contributed by atoms with van der Waals surface area (Å²) in [6, 6.07) is 1.57. The van der Waals surface area contributed by atoms with Crippen LogP contribution in [-0.2, 0) is 0 Å². The van der Waals surface area contributed by atoms with Crippen molar-refractivity contribution in [1.82, 2.24) is 15.0 Å². The Balaban J connectivity index is 2.34. The second kappa shape index (κ2) is 4.63. The molecule has 0 aliphatic carbocycles. The first-order valence-electron chi connectivity index (χ1n) is 4.18. The third-order valence-corrected chi connectivity index (χ3v) is 2.56. The standard InChI is InChI=1S/C9H5BrClN3O2/c10-7-8(15)13-4-14-9(7)16-6-1-5(11)2-12-3-6/h1-4H,(H,13,14,15). The topological polar surface area (TPSA) is 67.9 Å². The van der Waals surface area contributed by atoms with Crippen LogP contribution in [0.2, 0.25) is 5.02 Å². The van der Waals surface area contributed by atoms with Gasteiger partial charge < -0.3 is 9.72 Å². The average molecular weight is 303 g/mol. The Morgan fingerprint density at radius 1 is 1.44 bits per heavy atom. The zero-order valence-corrected chi connectivity index (χ0v) is 10.1. The Morgan fingerprint density at radius 3 is 3.00 bits per heavy atom. The van der Waals surface area contributed by atoms with E-state index in [0.29, 0.717) is 10.8 Å². The monoisotopic (exact) mass is 301 g/mol. The summed E-state index contributed by atoms with van der Waals surface area (Å²) >= 11 is 8.81. The van der Waals surface area contributed by atoms with Crippen LogP contribution in [0.5, 0.6) is 11.6 Å². The summed E-state index contributed by atoms with van der Waals surface area (Å²) < 4.78 is 5.56. The van der Waals surface area contributed by atoms with E-state index in [2.05, 4.69) is 30.9 Å². The highest BCUT2D eigenvalue weighted by Crippen LogP contribution is 2.24. The van der Waals surface area contributed by atoms with Gasteiger partial charge in [-0.1, -0.05) is 11.6 Å². The van der Waals surface area contributed by atoms with Crippen LogP contribution in [-0.4, -0.2) is 15.0 Å². The predicted octanol–water partition coefficient (Wildman–Crippen LogP) is 2.37. The van der Waals surface area contributed by atoms with Crippen LogP contribution in [0.1, 0.15) is 0 Å². The van der Waals surface area contributed by atoms with E-state index in [1.54, 1.807) is 6.07 Å². The number of halogens is 2. The van der Waals surface area contributed by atoms with Crippen molar-refractivity contribution < 1.29 is 4.74 Å². The minimum Gasteiger partial charge on any atom is -0.436 e. The van der Waals surface area contributed by atoms with Crippen molar-refractivity contribution in [3.05, 3.63) is 44.6 Å². The number of hydrogen-bond donors (Lipinski definition) is 1. The fourth-order valence-electron chi connectivity index (χ4n) is 0.998. The molecule has 0 bridgehead atoms. The number of nitrogens with one attached hydrogen (secondary N) is 1. The summed E-state index contributed by atoms with van der Waals surface area (Å²) in [5.41, 5.74) is -0.319. The quantitative estimate of drug-likeness (QED) is 0.925. The molecular formula is C9H5BrClN3O2. The van der Waals surface area contributed by atoms with Gasteiger partial charge in [-0.15, -0.1) is 0 Å². The molecule has 0 aromatic carbocycles. The van der Waals surface area contributed by atoms with Crippen LogP contribution >= 0.6 is 27.5 Å². The first-order chi connectivity index (χ1) is 7.66. The molecular weight excluding hydrogens is 297 g/mol. The predicted molar refractivity (Wildman–Crippen MR) is 61.9 cm³/mol. The fourth-order valence-corrected chi connectivity index (χ4v) is 1.46. The van der Waals surface area contributed by atoms with Gasteiger partial charge in [0.1, 0.15) is 10.2 Å². The third-order valence-electron chi connectivity index (χ3n) is 1.66. The molecule has 0 atom stereocenters. The maximum Gasteiger partial charge on any atom is 0.268 e. The van der Waals surface area contributed by atoms with Crippen molar-refractivity contribution in [2.45, 2.75) is 0 Å². The second-order valence-electron chi connectivity index (χ2n) is 2.79. The maximum atomic E-state index is 11.2. The zero-order valence-electron chi connectivity index (χ0n) is 7.78. The minimum atomic E-state index is -0.319. The molecule has 2 rings (SSSR count). The van der Waals surface area contributed by atoms with Crippen LogP contribution in [0.15, 0.2) is 34.1 Å². The highest BCUT2D eigenvalue weighted by atomic mass is 79.9. The van der Waals surface area contributed by atoms with Gasteiger partial charge in [0.2, 0.25) is 5.88 Å². The van der Waals surface area contributed by atoms with Gasteiger partial charge in [-0.05, 0) is 15.9 Å². The Morgan fingerprint density at radius 2 is 2.25 bits per heavy atom. The number of aromatic amines is 1. The highest BCUT2D eigenvalue weighted by Gasteiger charge is 2.07. The van der Waals surface area contributed by atoms with Crippen LogP contribution in [0.3, 0.4) is 0 Å². The average Bonchev–Trinajstić information content (AvgIpc) is 2.25. The van der Waals surface area contributed by atoms with Gasteiger partial charge in [0, 0.05) is 12.3 Å². The van der Waals surface area contributed by atoms with Crippen LogP contribution in [0, 0.1) is 0 Å². The molecule has 7 heteroatoms. The number of H-pyrrole nitrogens is 1. The molecule has 0 saturated carbocycles. The van der Waals surface area contributed by atoms with Crippen molar-refractivity contribution in [2.24, 2.45) is 0 Å². The van der Waals surface area contributed by atoms with Crippen molar-refractivity contribution in [3.63, 3.8) is 0 Å². The van der Waals surface area contributed by atoms with Gasteiger partial charge in [-0.25, -0.2) is 4.98 Å². The lowest BCUT2D eigenvalue weighted by Crippen LogP contribution is -2.08. The van der Waals surface area contributed by atoms with Crippen LogP contribution in [0.25, 0.3) is 0 Å². The Labute approximate surface area is 104 Å². The Kier molecular flexibility index (Phi) is 3.21. The summed E-state index contributed by atoms with van der Waals surface area (Å²) in [5.74, 6) is 0.569. The van der Waals surface area contributed by atoms with Crippen molar-refractivity contribution in [2.75, 3.05) is 0 Å². The van der Waals surface area contributed by atoms with Gasteiger partial charge >= 0.3 is 0 Å². The summed E-state index contributed by atoms with van der Waals surface area (Å²) in [6.07, 6.45) is 4.20. The number of ether oxygens (including phenoxy) is 1. The number of hydrogen-bond acceptors (Lipinski definition) is 4. The molecule has 0 aliphatic rings. The molecule has 0 saturated heterocycles. The van der Waals surface area contributed by atoms with E-state index < -0.39 is 0 Å². The fraction of sp³-hybridized carbons (Fsp3) is 0. The Hall–Kier alpha value is -1.40. The van der Waals surface area contributed by atoms with E-state index in [-0.39, 0.29) is 15.9 Å². The summed E-state index contributed by atoms with van der Waals surface area (Å²) in [4.78, 5) is 21.3. The minimum absolute atomic E-state index is 0.160. The molecule has 2 heterocycles. The normalized spacial score (nSPS) is 10.1. The van der Waals surface area contributed by atoms with Gasteiger partial charge in [-0.3, -0.25) is 9.78 Å². The van der Waals surface area contributed by atoms with E-state index in [1.165, 1.54) is 18.7 Å². The van der Waals surface area contributed by atoms with E-state index >= 15 is 0 Å². The van der Waals surface area contributed by atoms with Gasteiger partial charge in [0.05, 0.1) is 17.5 Å². The number of aromatic nitrogens is 3. The van der Waals surface area contributed by atoms with Crippen LogP contribution < -0.4 is 10.3 Å². The summed E-state index contributed by atoms with van der Waals surface area (Å²) in [6.45, 7) is 0. The summed E-state index contributed by atoms with van der Waals surface area (Å²) in [7, 11) is 0. The lowest BCUT2D eigenvalue weighted by atomic mass is 10.4. The highest BCUT2D eigenvalue weighted by molar-refractivity contribution is 9.10. The lowest BCUT2D eigenvalue weighted by molar-refractivity contribution is 0.455. The van der Waals surface area contributed by atoms with E-state index in [4.69, 9.17) is 16.3 Å². The molecule has 5 nitrogen and oxygen atoms in total. The van der Waals surface area contributed by atoms with E-state index in [9.17, 15) is 4.79 Å². The van der Waals surface area contributed by atoms with E-state index in [0.717, 1.165) is 0 Å². The smallest absolute Gasteiger partial charge is 0.268 e. The Bertz CT molecular complexity index is 573. The van der Waals surface area contributed by atoms with Gasteiger partial charge in [0.25, 0.3) is 5.56 Å². The summed E-state index contributed by atoms with van der Waals surface area (Å²) in [5, 5.41) is 0.443. The van der Waals surface area contributed by atoms with Crippen molar-refractivity contribution >= 4 is 27.5 Å². The maximum absolute atomic E-state index is 11.2. The first-order valence-corrected chi connectivity index (χ1v) is 5.35. The van der Waals surface area contributed by atoms with Gasteiger partial charge in [-0.2, -0.15) is 0 Å². The molecule has 1 N–H and O–H groups in total. The molecule has 2 aromatic heterocycles. The molecule has 0 amide bonds. The van der Waals surface area contributed by atoms with Crippen molar-refractivity contribution in [3.8, 4) is 11.6 Å². The first kappa shape index (κ1) is 11.1.